The summed E-state index contributed by atoms with van der Waals surface area (Å²) in [6.45, 7) is 0. The highest BCUT2D eigenvalue weighted by molar-refractivity contribution is 5.77. The van der Waals surface area contributed by atoms with Gasteiger partial charge in [-0.3, -0.25) is 10.9 Å². The van der Waals surface area contributed by atoms with E-state index in [-0.39, 0.29) is 0 Å². The molecule has 0 amide bonds. The van der Waals surface area contributed by atoms with Crippen molar-refractivity contribution in [1.82, 2.24) is 31.2 Å². The lowest BCUT2D eigenvalue weighted by Crippen LogP contribution is -2.38. The minimum Gasteiger partial charge on any atom is -0.374 e. The van der Waals surface area contributed by atoms with Crippen LogP contribution in [0.2, 0.25) is 0 Å². The number of allylic oxidation sites excluding steroid dienone is 2. The molecule has 1 aromatic heterocycles. The van der Waals surface area contributed by atoms with Gasteiger partial charge in [-0.15, -0.1) is 5.10 Å². The zero-order chi connectivity index (χ0) is 11.7. The van der Waals surface area contributed by atoms with Gasteiger partial charge in [0.25, 0.3) is 0 Å². The van der Waals surface area contributed by atoms with E-state index in [2.05, 4.69) is 26.5 Å². The lowest BCUT2D eigenvalue weighted by molar-refractivity contribution is 0.638. The summed E-state index contributed by atoms with van der Waals surface area (Å²) < 4.78 is 1.76. The average Bonchev–Trinajstić information content (AvgIpc) is 2.83. The van der Waals surface area contributed by atoms with Crippen molar-refractivity contribution in [2.24, 2.45) is 0 Å². The number of nitrogens with zero attached hydrogens (tertiary/aromatic N) is 3. The molecular weight excluding hydrogens is 216 g/mol. The van der Waals surface area contributed by atoms with Crippen molar-refractivity contribution in [2.75, 3.05) is 7.05 Å². The van der Waals surface area contributed by atoms with Crippen LogP contribution in [0.25, 0.3) is 16.9 Å². The fourth-order valence-electron chi connectivity index (χ4n) is 1.69. The standard InChI is InChI=1S/C11H12N6/c1-12-10-6-7-11(15-14-10)17-9-5-3-2-4-8(9)13-16-17/h2-7,12,14-15H,1H3. The smallest absolute Gasteiger partial charge is 0.148 e. The molecule has 2 aromatic rings. The van der Waals surface area contributed by atoms with E-state index >= 15 is 0 Å². The minimum atomic E-state index is 0.831. The first-order valence-corrected chi connectivity index (χ1v) is 5.31. The Morgan fingerprint density at radius 2 is 2.06 bits per heavy atom. The first-order chi connectivity index (χ1) is 8.38. The quantitative estimate of drug-likeness (QED) is 0.694. The van der Waals surface area contributed by atoms with E-state index in [1.54, 1.807) is 4.68 Å². The predicted octanol–water partition coefficient (Wildman–Crippen LogP) is 0.398. The highest BCUT2D eigenvalue weighted by Gasteiger charge is 2.10. The molecule has 3 N–H and O–H groups in total. The SMILES string of the molecule is CNC1=CC=C(n2nnc3ccccc32)NN1. The van der Waals surface area contributed by atoms with Gasteiger partial charge in [-0.25, -0.2) is 0 Å². The number of nitrogens with one attached hydrogen (secondary N) is 3. The van der Waals surface area contributed by atoms with Gasteiger partial charge in [0.1, 0.15) is 17.2 Å². The van der Waals surface area contributed by atoms with Crippen LogP contribution in [0.4, 0.5) is 0 Å². The van der Waals surface area contributed by atoms with Crippen LogP contribution in [-0.2, 0) is 0 Å². The topological polar surface area (TPSA) is 66.8 Å². The van der Waals surface area contributed by atoms with E-state index in [1.165, 1.54) is 0 Å². The Bertz CT molecular complexity index is 609. The predicted molar refractivity (Wildman–Crippen MR) is 65.2 cm³/mol. The number of rotatable bonds is 2. The number of hydrogen-bond acceptors (Lipinski definition) is 5. The third-order valence-electron chi connectivity index (χ3n) is 2.58. The molecule has 1 aliphatic rings. The summed E-state index contributed by atoms with van der Waals surface area (Å²) in [7, 11) is 1.85. The second kappa shape index (κ2) is 3.82. The summed E-state index contributed by atoms with van der Waals surface area (Å²) in [5.74, 6) is 1.73. The maximum Gasteiger partial charge on any atom is 0.148 e. The molecule has 0 aliphatic carbocycles. The van der Waals surface area contributed by atoms with Crippen molar-refractivity contribution < 1.29 is 0 Å². The van der Waals surface area contributed by atoms with Gasteiger partial charge in [0, 0.05) is 7.05 Å². The number of hydrogen-bond donors (Lipinski definition) is 3. The van der Waals surface area contributed by atoms with Crippen molar-refractivity contribution in [2.45, 2.75) is 0 Å². The summed E-state index contributed by atoms with van der Waals surface area (Å²) in [6.07, 6.45) is 3.87. The summed E-state index contributed by atoms with van der Waals surface area (Å²) in [5, 5.41) is 11.2. The van der Waals surface area contributed by atoms with Gasteiger partial charge in [0.2, 0.25) is 0 Å². The molecule has 0 saturated carbocycles. The number of para-hydroxylation sites is 1. The summed E-state index contributed by atoms with van der Waals surface area (Å²) in [4.78, 5) is 0. The average molecular weight is 228 g/mol. The van der Waals surface area contributed by atoms with Crippen molar-refractivity contribution in [3.63, 3.8) is 0 Å². The lowest BCUT2D eigenvalue weighted by atomic mass is 10.3. The molecule has 0 bridgehead atoms. The van der Waals surface area contributed by atoms with Crippen molar-refractivity contribution in [1.29, 1.82) is 0 Å². The Morgan fingerprint density at radius 3 is 2.82 bits per heavy atom. The van der Waals surface area contributed by atoms with E-state index in [9.17, 15) is 0 Å². The van der Waals surface area contributed by atoms with Crippen LogP contribution in [0.1, 0.15) is 0 Å². The van der Waals surface area contributed by atoms with E-state index in [1.807, 2.05) is 43.5 Å². The van der Waals surface area contributed by atoms with Crippen LogP contribution in [-0.4, -0.2) is 22.0 Å². The molecule has 6 nitrogen and oxygen atoms in total. The first-order valence-electron chi connectivity index (χ1n) is 5.31. The highest BCUT2D eigenvalue weighted by atomic mass is 15.5. The molecule has 0 radical (unpaired) electrons. The van der Waals surface area contributed by atoms with E-state index in [0.717, 1.165) is 22.7 Å². The molecule has 6 heteroatoms. The van der Waals surface area contributed by atoms with Crippen LogP contribution in [0.15, 0.2) is 42.2 Å². The molecule has 0 unspecified atom stereocenters. The van der Waals surface area contributed by atoms with Crippen LogP contribution in [0, 0.1) is 0 Å². The van der Waals surface area contributed by atoms with Crippen LogP contribution in [0.3, 0.4) is 0 Å². The molecular formula is C11H12N6. The first kappa shape index (κ1) is 9.71. The van der Waals surface area contributed by atoms with Gasteiger partial charge in [0.15, 0.2) is 0 Å². The molecule has 0 saturated heterocycles. The Morgan fingerprint density at radius 1 is 1.18 bits per heavy atom. The maximum atomic E-state index is 4.12. The summed E-state index contributed by atoms with van der Waals surface area (Å²) in [6, 6.07) is 7.83. The molecule has 0 spiro atoms. The highest BCUT2D eigenvalue weighted by Crippen LogP contribution is 2.14. The fourth-order valence-corrected chi connectivity index (χ4v) is 1.69. The lowest BCUT2D eigenvalue weighted by Gasteiger charge is -2.18. The Hall–Kier alpha value is -2.50. The van der Waals surface area contributed by atoms with Crippen LogP contribution in [0.5, 0.6) is 0 Å². The number of benzene rings is 1. The van der Waals surface area contributed by atoms with Gasteiger partial charge < -0.3 is 5.32 Å². The third-order valence-corrected chi connectivity index (χ3v) is 2.58. The van der Waals surface area contributed by atoms with Gasteiger partial charge in [-0.2, -0.15) is 4.68 Å². The molecule has 1 aliphatic heterocycles. The minimum absolute atomic E-state index is 0.831. The number of aromatic nitrogens is 3. The molecule has 17 heavy (non-hydrogen) atoms. The summed E-state index contributed by atoms with van der Waals surface area (Å²) >= 11 is 0. The monoisotopic (exact) mass is 228 g/mol. The van der Waals surface area contributed by atoms with Gasteiger partial charge >= 0.3 is 0 Å². The van der Waals surface area contributed by atoms with Crippen molar-refractivity contribution in [3.05, 3.63) is 42.2 Å². The normalized spacial score (nSPS) is 14.6. The molecule has 0 fully saturated rings. The van der Waals surface area contributed by atoms with E-state index in [4.69, 9.17) is 0 Å². The Balaban J connectivity index is 2.05. The molecule has 0 atom stereocenters. The summed E-state index contributed by atoms with van der Waals surface area (Å²) in [5.41, 5.74) is 7.91. The van der Waals surface area contributed by atoms with E-state index < -0.39 is 0 Å². The molecule has 86 valence electrons. The number of fused-ring (bicyclic) bond motifs is 1. The molecule has 3 rings (SSSR count). The zero-order valence-electron chi connectivity index (χ0n) is 9.31. The van der Waals surface area contributed by atoms with Crippen molar-refractivity contribution in [3.8, 4) is 0 Å². The largest absolute Gasteiger partial charge is 0.374 e. The molecule has 1 aromatic carbocycles. The number of hydrazine groups is 1. The second-order valence-corrected chi connectivity index (χ2v) is 3.62. The maximum absolute atomic E-state index is 4.12. The van der Waals surface area contributed by atoms with Gasteiger partial charge in [-0.1, -0.05) is 17.3 Å². The van der Waals surface area contributed by atoms with Gasteiger partial charge in [0.05, 0.1) is 5.52 Å². The Labute approximate surface area is 98.0 Å². The third kappa shape index (κ3) is 1.59. The zero-order valence-corrected chi connectivity index (χ0v) is 9.31. The van der Waals surface area contributed by atoms with Crippen LogP contribution >= 0.6 is 0 Å². The van der Waals surface area contributed by atoms with Gasteiger partial charge in [-0.05, 0) is 24.3 Å². The fraction of sp³-hybridized carbons (Fsp3) is 0.0909. The van der Waals surface area contributed by atoms with Crippen LogP contribution < -0.4 is 16.2 Å². The second-order valence-electron chi connectivity index (χ2n) is 3.62. The molecule has 2 heterocycles. The van der Waals surface area contributed by atoms with Crippen molar-refractivity contribution >= 4 is 16.9 Å². The Kier molecular flexibility index (Phi) is 2.18. The van der Waals surface area contributed by atoms with E-state index in [0.29, 0.717) is 0 Å².